The van der Waals surface area contributed by atoms with Gasteiger partial charge >= 0.3 is 5.97 Å². The van der Waals surface area contributed by atoms with Crippen LogP contribution in [0, 0.1) is 6.92 Å². The van der Waals surface area contributed by atoms with Crippen molar-refractivity contribution < 1.29 is 14.3 Å². The largest absolute Gasteiger partial charge is 0.460 e. The molecule has 19 heavy (non-hydrogen) atoms. The van der Waals surface area contributed by atoms with Gasteiger partial charge < -0.3 is 9.47 Å². The quantitative estimate of drug-likeness (QED) is 0.618. The molecule has 0 amide bonds. The van der Waals surface area contributed by atoms with Crippen molar-refractivity contribution in [3.05, 3.63) is 35.4 Å². The first-order valence-corrected chi connectivity index (χ1v) is 7.16. The Morgan fingerprint density at radius 1 is 1.16 bits per heavy atom. The predicted molar refractivity (Wildman–Crippen MR) is 71.8 cm³/mol. The van der Waals surface area contributed by atoms with Crippen molar-refractivity contribution in [2.75, 3.05) is 0 Å². The van der Waals surface area contributed by atoms with Gasteiger partial charge in [0.1, 0.15) is 12.2 Å². The summed E-state index contributed by atoms with van der Waals surface area (Å²) in [7, 11) is 0. The van der Waals surface area contributed by atoms with E-state index in [-0.39, 0.29) is 24.3 Å². The number of hydrogen-bond donors (Lipinski definition) is 0. The fraction of sp³-hybridized carbons (Fsp3) is 0.562. The van der Waals surface area contributed by atoms with E-state index in [1.807, 2.05) is 31.2 Å². The lowest BCUT2D eigenvalue weighted by molar-refractivity contribution is -0.152. The van der Waals surface area contributed by atoms with Crippen LogP contribution in [0.15, 0.2) is 24.3 Å². The number of carbonyl (C=O) groups is 1. The Balaban J connectivity index is 1.54. The standard InChI is InChI=1S/C16H20O3/c1-11-7-9-12(10-8-11)14-15(19-14)16(17)18-13-5-3-2-4-6-13/h7-10,13-15H,2-6H2,1H3. The van der Waals surface area contributed by atoms with Crippen LogP contribution in [0.2, 0.25) is 0 Å². The summed E-state index contributed by atoms with van der Waals surface area (Å²) in [6.45, 7) is 2.05. The van der Waals surface area contributed by atoms with E-state index in [2.05, 4.69) is 0 Å². The maximum Gasteiger partial charge on any atom is 0.338 e. The summed E-state index contributed by atoms with van der Waals surface area (Å²) < 4.78 is 11.0. The smallest absolute Gasteiger partial charge is 0.338 e. The van der Waals surface area contributed by atoms with Gasteiger partial charge in [-0.3, -0.25) is 0 Å². The van der Waals surface area contributed by atoms with Crippen LogP contribution in [0.3, 0.4) is 0 Å². The Morgan fingerprint density at radius 2 is 1.84 bits per heavy atom. The molecule has 3 nitrogen and oxygen atoms in total. The number of aryl methyl sites for hydroxylation is 1. The summed E-state index contributed by atoms with van der Waals surface area (Å²) in [5.41, 5.74) is 2.28. The highest BCUT2D eigenvalue weighted by atomic mass is 16.6. The SMILES string of the molecule is Cc1ccc(C2OC2C(=O)OC2CCCCC2)cc1. The van der Waals surface area contributed by atoms with Crippen LogP contribution in [0.25, 0.3) is 0 Å². The van der Waals surface area contributed by atoms with Crippen molar-refractivity contribution in [3.63, 3.8) is 0 Å². The topological polar surface area (TPSA) is 38.8 Å². The maximum atomic E-state index is 12.0. The molecular weight excluding hydrogens is 240 g/mol. The van der Waals surface area contributed by atoms with Crippen molar-refractivity contribution in [3.8, 4) is 0 Å². The number of epoxide rings is 1. The molecule has 0 spiro atoms. The molecule has 1 aliphatic carbocycles. The van der Waals surface area contributed by atoms with Crippen LogP contribution in [-0.2, 0) is 14.3 Å². The lowest BCUT2D eigenvalue weighted by Gasteiger charge is -2.21. The number of hydrogen-bond acceptors (Lipinski definition) is 3. The van der Waals surface area contributed by atoms with Gasteiger partial charge in [-0.1, -0.05) is 36.2 Å². The average Bonchev–Trinajstić information content (AvgIpc) is 3.21. The van der Waals surface area contributed by atoms with Crippen LogP contribution in [0.4, 0.5) is 0 Å². The first-order chi connectivity index (χ1) is 9.24. The summed E-state index contributed by atoms with van der Waals surface area (Å²) in [5, 5.41) is 0. The van der Waals surface area contributed by atoms with Gasteiger partial charge in [0.15, 0.2) is 6.10 Å². The van der Waals surface area contributed by atoms with Gasteiger partial charge in [0, 0.05) is 0 Å². The van der Waals surface area contributed by atoms with E-state index >= 15 is 0 Å². The second-order valence-corrected chi connectivity index (χ2v) is 5.58. The van der Waals surface area contributed by atoms with Crippen LogP contribution in [-0.4, -0.2) is 18.2 Å². The Bertz CT molecular complexity index is 446. The molecular formula is C16H20O3. The van der Waals surface area contributed by atoms with Gasteiger partial charge in [-0.2, -0.15) is 0 Å². The molecule has 2 fully saturated rings. The summed E-state index contributed by atoms with van der Waals surface area (Å²) in [5.74, 6) is -0.183. The molecule has 2 aliphatic rings. The van der Waals surface area contributed by atoms with E-state index in [4.69, 9.17) is 9.47 Å². The molecule has 1 saturated carbocycles. The second-order valence-electron chi connectivity index (χ2n) is 5.58. The average molecular weight is 260 g/mol. The molecule has 2 unspecified atom stereocenters. The number of benzene rings is 1. The third-order valence-electron chi connectivity index (χ3n) is 3.96. The molecule has 1 aliphatic heterocycles. The Labute approximate surface area is 113 Å². The zero-order chi connectivity index (χ0) is 13.2. The highest BCUT2D eigenvalue weighted by Crippen LogP contribution is 2.40. The Hall–Kier alpha value is -1.35. The molecule has 1 aromatic carbocycles. The highest BCUT2D eigenvalue weighted by molar-refractivity contribution is 5.78. The zero-order valence-electron chi connectivity index (χ0n) is 11.3. The number of rotatable bonds is 3. The van der Waals surface area contributed by atoms with Crippen molar-refractivity contribution in [2.24, 2.45) is 0 Å². The number of esters is 1. The van der Waals surface area contributed by atoms with Crippen LogP contribution < -0.4 is 0 Å². The molecule has 0 radical (unpaired) electrons. The molecule has 1 heterocycles. The molecule has 0 aromatic heterocycles. The summed E-state index contributed by atoms with van der Waals surface area (Å²) in [6.07, 6.45) is 5.25. The molecule has 1 saturated heterocycles. The minimum Gasteiger partial charge on any atom is -0.460 e. The third-order valence-corrected chi connectivity index (χ3v) is 3.96. The maximum absolute atomic E-state index is 12.0. The highest BCUT2D eigenvalue weighted by Gasteiger charge is 2.48. The van der Waals surface area contributed by atoms with Crippen LogP contribution in [0.1, 0.15) is 49.3 Å². The van der Waals surface area contributed by atoms with Gasteiger partial charge in [0.05, 0.1) is 0 Å². The summed E-state index contributed by atoms with van der Waals surface area (Å²) in [4.78, 5) is 12.0. The van der Waals surface area contributed by atoms with Crippen LogP contribution in [0.5, 0.6) is 0 Å². The van der Waals surface area contributed by atoms with E-state index < -0.39 is 0 Å². The predicted octanol–water partition coefficient (Wildman–Crippen LogP) is 3.31. The monoisotopic (exact) mass is 260 g/mol. The first kappa shape index (κ1) is 12.7. The Kier molecular flexibility index (Phi) is 3.56. The van der Waals surface area contributed by atoms with Gasteiger partial charge in [-0.15, -0.1) is 0 Å². The first-order valence-electron chi connectivity index (χ1n) is 7.16. The molecule has 1 aromatic rings. The summed E-state index contributed by atoms with van der Waals surface area (Å²) in [6, 6.07) is 8.13. The van der Waals surface area contributed by atoms with Gasteiger partial charge in [-0.25, -0.2) is 4.79 Å². The molecule has 2 atom stereocenters. The third kappa shape index (κ3) is 2.98. The summed E-state index contributed by atoms with van der Waals surface area (Å²) >= 11 is 0. The molecule has 0 N–H and O–H groups in total. The number of ether oxygens (including phenoxy) is 2. The van der Waals surface area contributed by atoms with Crippen molar-refractivity contribution in [1.29, 1.82) is 0 Å². The van der Waals surface area contributed by atoms with E-state index in [0.717, 1.165) is 18.4 Å². The van der Waals surface area contributed by atoms with E-state index in [1.54, 1.807) is 0 Å². The van der Waals surface area contributed by atoms with Gasteiger partial charge in [-0.05, 0) is 38.2 Å². The lowest BCUT2D eigenvalue weighted by atomic mass is 9.98. The fourth-order valence-electron chi connectivity index (χ4n) is 2.72. The minimum absolute atomic E-state index is 0.100. The van der Waals surface area contributed by atoms with Crippen molar-refractivity contribution >= 4 is 5.97 Å². The van der Waals surface area contributed by atoms with Crippen molar-refractivity contribution in [2.45, 2.75) is 57.3 Å². The van der Waals surface area contributed by atoms with E-state index in [9.17, 15) is 4.79 Å². The fourth-order valence-corrected chi connectivity index (χ4v) is 2.72. The number of carbonyl (C=O) groups excluding carboxylic acids is 1. The van der Waals surface area contributed by atoms with Crippen molar-refractivity contribution in [1.82, 2.24) is 0 Å². The molecule has 3 rings (SSSR count). The minimum atomic E-state index is -0.385. The lowest BCUT2D eigenvalue weighted by Crippen LogP contribution is -2.23. The molecule has 102 valence electrons. The van der Waals surface area contributed by atoms with E-state index in [1.165, 1.54) is 24.8 Å². The zero-order valence-corrected chi connectivity index (χ0v) is 11.3. The molecule has 0 bridgehead atoms. The van der Waals surface area contributed by atoms with E-state index in [0.29, 0.717) is 0 Å². The van der Waals surface area contributed by atoms with Gasteiger partial charge in [0.25, 0.3) is 0 Å². The Morgan fingerprint density at radius 3 is 2.53 bits per heavy atom. The normalized spacial score (nSPS) is 27.0. The molecule has 3 heteroatoms. The van der Waals surface area contributed by atoms with Gasteiger partial charge in [0.2, 0.25) is 0 Å². The second kappa shape index (κ2) is 5.33. The van der Waals surface area contributed by atoms with Crippen LogP contribution >= 0.6 is 0 Å².